The summed E-state index contributed by atoms with van der Waals surface area (Å²) >= 11 is 0. The molecule has 8 heteroatoms. The summed E-state index contributed by atoms with van der Waals surface area (Å²) in [6.07, 6.45) is 4.99. The van der Waals surface area contributed by atoms with Gasteiger partial charge in [-0.2, -0.15) is 10.4 Å². The predicted octanol–water partition coefficient (Wildman–Crippen LogP) is 2.70. The summed E-state index contributed by atoms with van der Waals surface area (Å²) in [6.45, 7) is 0. The summed E-state index contributed by atoms with van der Waals surface area (Å²) in [5.74, 6) is -0.508. The number of hydrogen-bond acceptors (Lipinski definition) is 5. The third-order valence-corrected chi connectivity index (χ3v) is 4.71. The Morgan fingerprint density at radius 2 is 2.25 bits per heavy atom. The average molecular weight is 377 g/mol. The van der Waals surface area contributed by atoms with Gasteiger partial charge in [0.1, 0.15) is 11.9 Å². The zero-order valence-corrected chi connectivity index (χ0v) is 15.0. The number of pyridine rings is 1. The number of fused-ring (bicyclic) bond motifs is 1. The van der Waals surface area contributed by atoms with E-state index in [4.69, 9.17) is 10.00 Å². The van der Waals surface area contributed by atoms with Gasteiger partial charge in [-0.15, -0.1) is 0 Å². The number of nitriles is 1. The molecule has 1 amide bonds. The summed E-state index contributed by atoms with van der Waals surface area (Å²) < 4.78 is 20.4. The lowest BCUT2D eigenvalue weighted by Crippen LogP contribution is -2.27. The summed E-state index contributed by atoms with van der Waals surface area (Å²) in [7, 11) is 1.55. The minimum Gasteiger partial charge on any atom is -0.481 e. The molecule has 1 N–H and O–H groups in total. The number of halogens is 1. The van der Waals surface area contributed by atoms with E-state index in [0.717, 1.165) is 35.9 Å². The molecular weight excluding hydrogens is 361 g/mol. The average Bonchev–Trinajstić information content (AvgIpc) is 3.30. The first-order valence-electron chi connectivity index (χ1n) is 8.68. The van der Waals surface area contributed by atoms with E-state index in [2.05, 4.69) is 15.4 Å². The molecular formula is C20H16FN5O2. The van der Waals surface area contributed by atoms with Crippen molar-refractivity contribution >= 4 is 5.91 Å². The van der Waals surface area contributed by atoms with Gasteiger partial charge in [0, 0.05) is 29.6 Å². The molecule has 1 aromatic carbocycles. The van der Waals surface area contributed by atoms with Gasteiger partial charge in [-0.05, 0) is 37.1 Å². The van der Waals surface area contributed by atoms with Gasteiger partial charge in [0.25, 0.3) is 5.91 Å². The highest BCUT2D eigenvalue weighted by molar-refractivity contribution is 5.94. The predicted molar refractivity (Wildman–Crippen MR) is 97.6 cm³/mol. The fourth-order valence-electron chi connectivity index (χ4n) is 3.27. The lowest BCUT2D eigenvalue weighted by atomic mass is 10.1. The van der Waals surface area contributed by atoms with Gasteiger partial charge >= 0.3 is 0 Å². The van der Waals surface area contributed by atoms with Crippen molar-refractivity contribution in [2.75, 3.05) is 7.11 Å². The standard InChI is InChI=1S/C20H16FN5O2/c1-28-19-9-14(6-7-23-19)26-11-15-17(4-5-18(15)25-26)24-20(27)12-2-3-16(21)13(8-12)10-22/h2-3,6-9,11,17H,4-5H2,1H3,(H,24,27). The molecule has 1 aliphatic rings. The number of nitrogens with one attached hydrogen (secondary N) is 1. The summed E-state index contributed by atoms with van der Waals surface area (Å²) in [5.41, 5.74) is 2.75. The molecule has 0 saturated carbocycles. The second kappa shape index (κ2) is 7.12. The maximum atomic E-state index is 13.5. The van der Waals surface area contributed by atoms with Crippen LogP contribution in [0.3, 0.4) is 0 Å². The van der Waals surface area contributed by atoms with Crippen molar-refractivity contribution in [3.05, 3.63) is 70.9 Å². The molecule has 0 saturated heterocycles. The summed E-state index contributed by atoms with van der Waals surface area (Å²) in [4.78, 5) is 16.6. The van der Waals surface area contributed by atoms with Crippen LogP contribution in [0.4, 0.5) is 4.39 Å². The molecule has 140 valence electrons. The van der Waals surface area contributed by atoms with E-state index in [9.17, 15) is 9.18 Å². The van der Waals surface area contributed by atoms with Crippen LogP contribution >= 0.6 is 0 Å². The van der Waals surface area contributed by atoms with Crippen molar-refractivity contribution in [1.82, 2.24) is 20.1 Å². The molecule has 1 unspecified atom stereocenters. The molecule has 0 fully saturated rings. The van der Waals surface area contributed by atoms with Gasteiger partial charge in [-0.3, -0.25) is 4.79 Å². The van der Waals surface area contributed by atoms with E-state index < -0.39 is 5.82 Å². The van der Waals surface area contributed by atoms with E-state index in [1.807, 2.05) is 12.3 Å². The van der Waals surface area contributed by atoms with E-state index >= 15 is 0 Å². The number of ether oxygens (including phenoxy) is 1. The first kappa shape index (κ1) is 17.7. The maximum absolute atomic E-state index is 13.5. The zero-order valence-electron chi connectivity index (χ0n) is 15.0. The van der Waals surface area contributed by atoms with Crippen LogP contribution in [0.15, 0.2) is 42.7 Å². The van der Waals surface area contributed by atoms with E-state index in [0.29, 0.717) is 5.88 Å². The summed E-state index contributed by atoms with van der Waals surface area (Å²) in [6, 6.07) is 8.90. The van der Waals surface area contributed by atoms with Gasteiger partial charge in [0.05, 0.1) is 30.1 Å². The van der Waals surface area contributed by atoms with E-state index in [1.54, 1.807) is 30.1 Å². The Morgan fingerprint density at radius 1 is 1.39 bits per heavy atom. The number of aryl methyl sites for hydroxylation is 1. The van der Waals surface area contributed by atoms with Crippen LogP contribution in [-0.4, -0.2) is 27.8 Å². The van der Waals surface area contributed by atoms with Crippen LogP contribution in [-0.2, 0) is 6.42 Å². The molecule has 0 aliphatic heterocycles. The summed E-state index contributed by atoms with van der Waals surface area (Å²) in [5, 5.41) is 16.5. The highest BCUT2D eigenvalue weighted by Crippen LogP contribution is 2.31. The van der Waals surface area contributed by atoms with Crippen molar-refractivity contribution in [2.45, 2.75) is 18.9 Å². The van der Waals surface area contributed by atoms with Crippen LogP contribution in [0.25, 0.3) is 5.69 Å². The lowest BCUT2D eigenvalue weighted by Gasteiger charge is -2.13. The molecule has 7 nitrogen and oxygen atoms in total. The highest BCUT2D eigenvalue weighted by atomic mass is 19.1. The smallest absolute Gasteiger partial charge is 0.251 e. The van der Waals surface area contributed by atoms with Gasteiger partial charge in [0.15, 0.2) is 0 Å². The molecule has 0 spiro atoms. The lowest BCUT2D eigenvalue weighted by molar-refractivity contribution is 0.0936. The van der Waals surface area contributed by atoms with E-state index in [1.165, 1.54) is 12.1 Å². The number of carbonyl (C=O) groups excluding carboxylic acids is 1. The fraction of sp³-hybridized carbons (Fsp3) is 0.200. The van der Waals surface area contributed by atoms with Crippen LogP contribution < -0.4 is 10.1 Å². The first-order valence-corrected chi connectivity index (χ1v) is 8.68. The molecule has 3 aromatic rings. The van der Waals surface area contributed by atoms with Crippen molar-refractivity contribution in [3.63, 3.8) is 0 Å². The normalized spacial score (nSPS) is 15.0. The molecule has 2 heterocycles. The molecule has 0 radical (unpaired) electrons. The SMILES string of the molecule is COc1cc(-n2cc3c(n2)CCC3NC(=O)c2ccc(F)c(C#N)c2)ccn1. The van der Waals surface area contributed by atoms with Crippen molar-refractivity contribution in [1.29, 1.82) is 5.26 Å². The Hall–Kier alpha value is -3.73. The number of aromatic nitrogens is 3. The topological polar surface area (TPSA) is 92.8 Å². The minimum absolute atomic E-state index is 0.154. The quantitative estimate of drug-likeness (QED) is 0.755. The number of amides is 1. The van der Waals surface area contributed by atoms with Crippen LogP contribution in [0.2, 0.25) is 0 Å². The van der Waals surface area contributed by atoms with Crippen molar-refractivity contribution in [3.8, 4) is 17.6 Å². The molecule has 2 aromatic heterocycles. The Kier molecular flexibility index (Phi) is 4.49. The van der Waals surface area contributed by atoms with E-state index in [-0.39, 0.29) is 23.1 Å². The number of rotatable bonds is 4. The Balaban J connectivity index is 1.56. The number of carbonyl (C=O) groups is 1. The minimum atomic E-state index is -0.642. The number of methoxy groups -OCH3 is 1. The van der Waals surface area contributed by atoms with Gasteiger partial charge in [-0.25, -0.2) is 14.1 Å². The second-order valence-corrected chi connectivity index (χ2v) is 6.40. The third kappa shape index (κ3) is 3.18. The van der Waals surface area contributed by atoms with Gasteiger partial charge in [0.2, 0.25) is 5.88 Å². The van der Waals surface area contributed by atoms with Crippen LogP contribution in [0.1, 0.15) is 39.6 Å². The first-order chi connectivity index (χ1) is 13.6. The number of hydrogen-bond donors (Lipinski definition) is 1. The highest BCUT2D eigenvalue weighted by Gasteiger charge is 2.28. The number of nitrogens with zero attached hydrogens (tertiary/aromatic N) is 4. The fourth-order valence-corrected chi connectivity index (χ4v) is 3.27. The molecule has 1 aliphatic carbocycles. The maximum Gasteiger partial charge on any atom is 0.251 e. The third-order valence-electron chi connectivity index (χ3n) is 4.71. The Bertz CT molecular complexity index is 1100. The zero-order chi connectivity index (χ0) is 19.7. The van der Waals surface area contributed by atoms with Crippen LogP contribution in [0, 0.1) is 17.1 Å². The molecule has 28 heavy (non-hydrogen) atoms. The van der Waals surface area contributed by atoms with Crippen molar-refractivity contribution < 1.29 is 13.9 Å². The largest absolute Gasteiger partial charge is 0.481 e. The second-order valence-electron chi connectivity index (χ2n) is 6.40. The Morgan fingerprint density at radius 3 is 3.04 bits per heavy atom. The molecule has 1 atom stereocenters. The molecule has 0 bridgehead atoms. The van der Waals surface area contributed by atoms with Gasteiger partial charge in [-0.1, -0.05) is 0 Å². The molecule has 4 rings (SSSR count). The Labute approximate surface area is 160 Å². The number of benzene rings is 1. The van der Waals surface area contributed by atoms with Crippen LogP contribution in [0.5, 0.6) is 5.88 Å². The van der Waals surface area contributed by atoms with Gasteiger partial charge < -0.3 is 10.1 Å². The monoisotopic (exact) mass is 377 g/mol. The van der Waals surface area contributed by atoms with Crippen molar-refractivity contribution in [2.24, 2.45) is 0 Å².